The van der Waals surface area contributed by atoms with Crippen LogP contribution in [0.1, 0.15) is 10.4 Å². The first-order chi connectivity index (χ1) is 6.07. The highest BCUT2D eigenvalue weighted by atomic mass is 79.9. The summed E-state index contributed by atoms with van der Waals surface area (Å²) in [6.45, 7) is 0. The zero-order chi connectivity index (χ0) is 10.0. The van der Waals surface area contributed by atoms with Crippen LogP contribution in [0.2, 0.25) is 5.02 Å². The molecular weight excluding hydrogens is 259 g/mol. The van der Waals surface area contributed by atoms with Crippen molar-refractivity contribution in [2.24, 2.45) is 5.73 Å². The van der Waals surface area contributed by atoms with E-state index in [0.717, 1.165) is 0 Å². The molecule has 1 amide bonds. The Hall–Kier alpha value is -0.810. The molecule has 1 aromatic rings. The summed E-state index contributed by atoms with van der Waals surface area (Å²) in [5.41, 5.74) is 5.18. The molecule has 0 aromatic carbocycles. The molecule has 0 saturated carbocycles. The van der Waals surface area contributed by atoms with Crippen molar-refractivity contribution in [3.63, 3.8) is 0 Å². The van der Waals surface area contributed by atoms with Crippen molar-refractivity contribution in [2.45, 2.75) is 0 Å². The maximum atomic E-state index is 11.0. The Morgan fingerprint density at radius 2 is 2.38 bits per heavy atom. The van der Waals surface area contributed by atoms with Gasteiger partial charge in [0.15, 0.2) is 0 Å². The molecule has 0 aliphatic heterocycles. The van der Waals surface area contributed by atoms with E-state index in [-0.39, 0.29) is 16.5 Å². The summed E-state index contributed by atoms with van der Waals surface area (Å²) in [4.78, 5) is 14.8. The maximum Gasteiger partial charge on any atom is 0.255 e. The van der Waals surface area contributed by atoms with Crippen LogP contribution in [-0.4, -0.2) is 18.0 Å². The van der Waals surface area contributed by atoms with Crippen molar-refractivity contribution in [1.82, 2.24) is 4.98 Å². The molecule has 0 atom stereocenters. The minimum atomic E-state index is -0.671. The topological polar surface area (TPSA) is 65.2 Å². The van der Waals surface area contributed by atoms with Gasteiger partial charge in [-0.15, -0.1) is 0 Å². The third-order valence-electron chi connectivity index (χ3n) is 1.38. The van der Waals surface area contributed by atoms with Gasteiger partial charge < -0.3 is 10.5 Å². The van der Waals surface area contributed by atoms with Crippen molar-refractivity contribution in [2.75, 3.05) is 7.11 Å². The minimum absolute atomic E-state index is 0.0820. The van der Waals surface area contributed by atoms with Gasteiger partial charge in [0.2, 0.25) is 5.88 Å². The Morgan fingerprint density at radius 3 is 2.85 bits per heavy atom. The van der Waals surface area contributed by atoms with Crippen LogP contribution >= 0.6 is 27.5 Å². The molecule has 0 spiro atoms. The quantitative estimate of drug-likeness (QED) is 0.883. The molecule has 70 valence electrons. The summed E-state index contributed by atoms with van der Waals surface area (Å²) >= 11 is 8.92. The molecule has 0 aliphatic rings. The largest absolute Gasteiger partial charge is 0.480 e. The van der Waals surface area contributed by atoms with Crippen molar-refractivity contribution >= 4 is 33.4 Å². The number of rotatable bonds is 2. The Bertz CT molecular complexity index is 357. The number of aromatic nitrogens is 1. The number of nitrogens with two attached hydrogens (primary N) is 1. The van der Waals surface area contributed by atoms with Crippen LogP contribution in [0.3, 0.4) is 0 Å². The van der Waals surface area contributed by atoms with Gasteiger partial charge in [-0.3, -0.25) is 4.79 Å². The lowest BCUT2D eigenvalue weighted by molar-refractivity contribution is 0.0996. The average molecular weight is 265 g/mol. The summed E-state index contributed by atoms with van der Waals surface area (Å²) in [5.74, 6) is -0.545. The number of ether oxygens (including phenoxy) is 1. The molecule has 4 nitrogen and oxygen atoms in total. The molecule has 6 heteroatoms. The molecule has 1 aromatic heterocycles. The van der Waals surface area contributed by atoms with Crippen LogP contribution in [0.15, 0.2) is 10.7 Å². The van der Waals surface area contributed by atoms with Gasteiger partial charge in [-0.2, -0.15) is 0 Å². The van der Waals surface area contributed by atoms with Crippen LogP contribution in [-0.2, 0) is 0 Å². The van der Waals surface area contributed by atoms with E-state index in [2.05, 4.69) is 20.9 Å². The van der Waals surface area contributed by atoms with E-state index in [1.165, 1.54) is 13.3 Å². The second-order valence-electron chi connectivity index (χ2n) is 2.17. The molecule has 13 heavy (non-hydrogen) atoms. The molecule has 1 rings (SSSR count). The zero-order valence-corrected chi connectivity index (χ0v) is 9.02. The fraction of sp³-hybridized carbons (Fsp3) is 0.143. The first-order valence-electron chi connectivity index (χ1n) is 3.25. The molecule has 0 saturated heterocycles. The second-order valence-corrected chi connectivity index (χ2v) is 3.40. The minimum Gasteiger partial charge on any atom is -0.480 e. The van der Waals surface area contributed by atoms with Crippen LogP contribution in [0.5, 0.6) is 5.88 Å². The van der Waals surface area contributed by atoms with Crippen LogP contribution in [0.4, 0.5) is 0 Å². The lowest BCUT2D eigenvalue weighted by Gasteiger charge is -2.06. The van der Waals surface area contributed by atoms with Gasteiger partial charge in [0.05, 0.1) is 16.6 Å². The highest BCUT2D eigenvalue weighted by Gasteiger charge is 2.17. The first kappa shape index (κ1) is 10.3. The van der Waals surface area contributed by atoms with E-state index >= 15 is 0 Å². The van der Waals surface area contributed by atoms with Gasteiger partial charge in [-0.25, -0.2) is 4.98 Å². The molecule has 0 radical (unpaired) electrons. The highest BCUT2D eigenvalue weighted by Crippen LogP contribution is 2.30. The Labute approximate surface area is 88.2 Å². The van der Waals surface area contributed by atoms with Crippen molar-refractivity contribution in [3.8, 4) is 5.88 Å². The Kier molecular flexibility index (Phi) is 3.11. The van der Waals surface area contributed by atoms with E-state index in [1.54, 1.807) is 0 Å². The summed E-state index contributed by atoms with van der Waals surface area (Å²) < 4.78 is 5.33. The lowest BCUT2D eigenvalue weighted by Crippen LogP contribution is -2.14. The van der Waals surface area contributed by atoms with E-state index in [1.807, 2.05) is 0 Å². The molecule has 0 bridgehead atoms. The Balaban J connectivity index is 3.41. The molecule has 0 fully saturated rings. The molecule has 0 unspecified atom stereocenters. The van der Waals surface area contributed by atoms with Gasteiger partial charge in [0.25, 0.3) is 5.91 Å². The molecule has 2 N–H and O–H groups in total. The van der Waals surface area contributed by atoms with Crippen molar-refractivity contribution in [3.05, 3.63) is 21.3 Å². The van der Waals surface area contributed by atoms with Crippen molar-refractivity contribution < 1.29 is 9.53 Å². The number of nitrogens with zero attached hydrogens (tertiary/aromatic N) is 1. The number of amides is 1. The van der Waals surface area contributed by atoms with Crippen LogP contribution in [0.25, 0.3) is 0 Å². The third kappa shape index (κ3) is 1.92. The predicted octanol–water partition coefficient (Wildman–Crippen LogP) is 1.60. The number of hydrogen-bond acceptors (Lipinski definition) is 3. The monoisotopic (exact) mass is 264 g/mol. The third-order valence-corrected chi connectivity index (χ3v) is 2.60. The lowest BCUT2D eigenvalue weighted by atomic mass is 10.2. The van der Waals surface area contributed by atoms with Crippen LogP contribution in [0, 0.1) is 0 Å². The Morgan fingerprint density at radius 1 is 1.77 bits per heavy atom. The fourth-order valence-corrected chi connectivity index (χ4v) is 1.34. The first-order valence-corrected chi connectivity index (χ1v) is 4.42. The number of hydrogen-bond donors (Lipinski definition) is 1. The van der Waals surface area contributed by atoms with Gasteiger partial charge >= 0.3 is 0 Å². The smallest absolute Gasteiger partial charge is 0.255 e. The van der Waals surface area contributed by atoms with Gasteiger partial charge in [-0.05, 0) is 15.9 Å². The standard InChI is InChI=1S/C7H6BrClN2O2/c1-13-7-4(6(10)12)5(9)3(8)2-11-7/h2H,1H3,(H2,10,12). The van der Waals surface area contributed by atoms with E-state index in [4.69, 9.17) is 22.1 Å². The number of primary amides is 1. The molecular formula is C7H6BrClN2O2. The summed E-state index contributed by atoms with van der Waals surface area (Å²) in [6.07, 6.45) is 1.44. The van der Waals surface area contributed by atoms with Gasteiger partial charge in [0.1, 0.15) is 5.56 Å². The highest BCUT2D eigenvalue weighted by molar-refractivity contribution is 9.10. The molecule has 0 aliphatic carbocycles. The number of halogens is 2. The zero-order valence-electron chi connectivity index (χ0n) is 6.67. The number of carbonyl (C=O) groups excluding carboxylic acids is 1. The molecule has 1 heterocycles. The number of pyridine rings is 1. The summed E-state index contributed by atoms with van der Waals surface area (Å²) in [5, 5.41) is 0.208. The van der Waals surface area contributed by atoms with E-state index < -0.39 is 5.91 Å². The predicted molar refractivity (Wildman–Crippen MR) is 52.0 cm³/mol. The van der Waals surface area contributed by atoms with E-state index in [9.17, 15) is 4.79 Å². The SMILES string of the molecule is COc1ncc(Br)c(Cl)c1C(N)=O. The summed E-state index contributed by atoms with van der Waals surface area (Å²) in [7, 11) is 1.39. The normalized spacial score (nSPS) is 9.77. The van der Waals surface area contributed by atoms with Crippen molar-refractivity contribution in [1.29, 1.82) is 0 Å². The maximum absolute atomic E-state index is 11.0. The van der Waals surface area contributed by atoms with E-state index in [0.29, 0.717) is 4.47 Å². The summed E-state index contributed by atoms with van der Waals surface area (Å²) in [6, 6.07) is 0. The van der Waals surface area contributed by atoms with Crippen LogP contribution < -0.4 is 10.5 Å². The fourth-order valence-electron chi connectivity index (χ4n) is 0.818. The van der Waals surface area contributed by atoms with Gasteiger partial charge in [0, 0.05) is 6.20 Å². The second kappa shape index (κ2) is 3.93. The number of methoxy groups -OCH3 is 1. The van der Waals surface area contributed by atoms with Gasteiger partial charge in [-0.1, -0.05) is 11.6 Å². The number of carbonyl (C=O) groups is 1. The average Bonchev–Trinajstić information content (AvgIpc) is 2.08.